The van der Waals surface area contributed by atoms with E-state index < -0.39 is 5.97 Å². The van der Waals surface area contributed by atoms with Crippen molar-refractivity contribution in [3.05, 3.63) is 139 Å². The van der Waals surface area contributed by atoms with E-state index >= 15 is 0 Å². The zero-order chi connectivity index (χ0) is 34.8. The van der Waals surface area contributed by atoms with Gasteiger partial charge in [0.15, 0.2) is 0 Å². The Bertz CT molecular complexity index is 1640. The molecule has 0 saturated carbocycles. The number of hydrogen-bond donors (Lipinski definition) is 0. The number of unbranched alkanes of at least 4 members (excludes halogenated alkanes) is 7. The molecular formula is C44H51NO4. The van der Waals surface area contributed by atoms with Crippen LogP contribution in [0.2, 0.25) is 0 Å². The largest absolute Gasteiger partial charge is 0.463 e. The Kier molecular flexibility index (Phi) is 14.9. The Hall–Kier alpha value is -4.90. The zero-order valence-corrected chi connectivity index (χ0v) is 29.3. The van der Waals surface area contributed by atoms with E-state index in [9.17, 15) is 9.59 Å². The fourth-order valence-electron chi connectivity index (χ4n) is 5.84. The van der Waals surface area contributed by atoms with Crippen LogP contribution in [0.5, 0.6) is 0 Å². The molecule has 5 heteroatoms. The van der Waals surface area contributed by atoms with Crippen molar-refractivity contribution in [1.29, 1.82) is 0 Å². The molecule has 0 saturated heterocycles. The molecule has 0 amide bonds. The van der Waals surface area contributed by atoms with Gasteiger partial charge in [-0.15, -0.1) is 0 Å². The van der Waals surface area contributed by atoms with Crippen LogP contribution in [0.1, 0.15) is 73.6 Å². The molecule has 0 aliphatic rings. The van der Waals surface area contributed by atoms with Gasteiger partial charge in [0, 0.05) is 35.6 Å². The highest BCUT2D eigenvalue weighted by molar-refractivity contribution is 5.81. The van der Waals surface area contributed by atoms with Crippen LogP contribution in [-0.2, 0) is 31.9 Å². The monoisotopic (exact) mass is 657 g/mol. The molecule has 0 N–H and O–H groups in total. The quantitative estimate of drug-likeness (QED) is 0.0538. The van der Waals surface area contributed by atoms with Crippen molar-refractivity contribution in [3.8, 4) is 11.1 Å². The number of hydrogen-bond acceptors (Lipinski definition) is 5. The first kappa shape index (κ1) is 36.9. The SMILES string of the molecule is C=CC(=O)OCCCCCCCCCCc1ccc(-c2ccc(N(c3ccc(CCOC(=O)C=C)cc3)c3ccc(C)c(C)c3)cc2)cc1. The van der Waals surface area contributed by atoms with Crippen molar-refractivity contribution in [2.24, 2.45) is 0 Å². The van der Waals surface area contributed by atoms with Crippen LogP contribution in [0.3, 0.4) is 0 Å². The molecule has 4 rings (SSSR count). The Labute approximate surface area is 293 Å². The Balaban J connectivity index is 1.31. The standard InChI is InChI=1S/C44H51NO4/c1-5-43(46)48-31-14-12-10-8-7-9-11-13-15-36-17-21-38(22-18-36)39-23-28-41(29-24-39)45(42-25-16-34(3)35(4)33-42)40-26-19-37(20-27-40)30-32-49-44(47)6-2/h5-6,16-29,33H,1-2,7-15,30-32H2,3-4H3. The molecule has 0 aliphatic carbocycles. The summed E-state index contributed by atoms with van der Waals surface area (Å²) in [4.78, 5) is 24.7. The molecule has 0 aliphatic heterocycles. The summed E-state index contributed by atoms with van der Waals surface area (Å²) < 4.78 is 10.2. The van der Waals surface area contributed by atoms with Crippen LogP contribution in [0.25, 0.3) is 11.1 Å². The van der Waals surface area contributed by atoms with Crippen LogP contribution < -0.4 is 4.90 Å². The molecule has 0 unspecified atom stereocenters. The van der Waals surface area contributed by atoms with Gasteiger partial charge in [-0.3, -0.25) is 0 Å². The van der Waals surface area contributed by atoms with Gasteiger partial charge in [0.1, 0.15) is 0 Å². The zero-order valence-electron chi connectivity index (χ0n) is 29.3. The number of rotatable bonds is 20. The summed E-state index contributed by atoms with van der Waals surface area (Å²) in [5, 5.41) is 0. The average molecular weight is 658 g/mol. The molecule has 256 valence electrons. The maximum atomic E-state index is 11.4. The number of benzene rings is 4. The Morgan fingerprint density at radius 2 is 0.980 bits per heavy atom. The van der Waals surface area contributed by atoms with Gasteiger partial charge in [-0.1, -0.05) is 106 Å². The number of carbonyl (C=O) groups excluding carboxylic acids is 2. The molecule has 0 aromatic heterocycles. The lowest BCUT2D eigenvalue weighted by Gasteiger charge is -2.26. The molecule has 0 fully saturated rings. The van der Waals surface area contributed by atoms with Crippen LogP contribution in [-0.4, -0.2) is 25.2 Å². The molecule has 0 atom stereocenters. The Morgan fingerprint density at radius 1 is 0.531 bits per heavy atom. The number of aryl methyl sites for hydroxylation is 3. The summed E-state index contributed by atoms with van der Waals surface area (Å²) in [6, 6.07) is 32.8. The molecule has 5 nitrogen and oxygen atoms in total. The summed E-state index contributed by atoms with van der Waals surface area (Å²) in [6.45, 7) is 12.0. The highest BCUT2D eigenvalue weighted by Crippen LogP contribution is 2.36. The van der Waals surface area contributed by atoms with Crippen molar-refractivity contribution >= 4 is 29.0 Å². The molecular weight excluding hydrogens is 606 g/mol. The van der Waals surface area contributed by atoms with E-state index in [2.05, 4.69) is 123 Å². The lowest BCUT2D eigenvalue weighted by Crippen LogP contribution is -2.10. The summed E-state index contributed by atoms with van der Waals surface area (Å²) in [6.07, 6.45) is 13.7. The maximum Gasteiger partial charge on any atom is 0.330 e. The van der Waals surface area contributed by atoms with Crippen molar-refractivity contribution in [2.75, 3.05) is 18.1 Å². The third-order valence-electron chi connectivity index (χ3n) is 8.93. The van der Waals surface area contributed by atoms with Crippen molar-refractivity contribution in [2.45, 2.75) is 78.1 Å². The van der Waals surface area contributed by atoms with E-state index in [1.807, 2.05) is 0 Å². The highest BCUT2D eigenvalue weighted by Gasteiger charge is 2.14. The van der Waals surface area contributed by atoms with E-state index in [0.717, 1.165) is 41.9 Å². The third kappa shape index (κ3) is 11.9. The lowest BCUT2D eigenvalue weighted by atomic mass is 10.00. The number of esters is 2. The van der Waals surface area contributed by atoms with Gasteiger partial charge in [-0.2, -0.15) is 0 Å². The minimum Gasteiger partial charge on any atom is -0.463 e. The predicted octanol–water partition coefficient (Wildman–Crippen LogP) is 11.1. The minimum atomic E-state index is -0.398. The van der Waals surface area contributed by atoms with Gasteiger partial charge in [-0.25, -0.2) is 9.59 Å². The first-order valence-corrected chi connectivity index (χ1v) is 17.6. The molecule has 0 bridgehead atoms. The van der Waals surface area contributed by atoms with Gasteiger partial charge in [0.25, 0.3) is 0 Å². The summed E-state index contributed by atoms with van der Waals surface area (Å²) in [5.41, 5.74) is 10.7. The van der Waals surface area contributed by atoms with Crippen LogP contribution >= 0.6 is 0 Å². The third-order valence-corrected chi connectivity index (χ3v) is 8.93. The van der Waals surface area contributed by atoms with Crippen LogP contribution in [0, 0.1) is 13.8 Å². The highest BCUT2D eigenvalue weighted by atomic mass is 16.5. The van der Waals surface area contributed by atoms with Gasteiger partial charge in [0.05, 0.1) is 13.2 Å². The second kappa shape index (κ2) is 19.8. The molecule has 0 radical (unpaired) electrons. The predicted molar refractivity (Wildman–Crippen MR) is 203 cm³/mol. The topological polar surface area (TPSA) is 55.8 Å². The van der Waals surface area contributed by atoms with Gasteiger partial charge in [0.2, 0.25) is 0 Å². The van der Waals surface area contributed by atoms with E-state index in [1.54, 1.807) is 0 Å². The van der Waals surface area contributed by atoms with E-state index in [1.165, 1.54) is 78.5 Å². The number of anilines is 3. The molecule has 49 heavy (non-hydrogen) atoms. The Morgan fingerprint density at radius 3 is 1.55 bits per heavy atom. The molecule has 4 aromatic carbocycles. The minimum absolute atomic E-state index is 0.328. The lowest BCUT2D eigenvalue weighted by molar-refractivity contribution is -0.138. The van der Waals surface area contributed by atoms with Crippen LogP contribution in [0.15, 0.2) is 116 Å². The van der Waals surface area contributed by atoms with Gasteiger partial charge in [-0.05, 0) is 103 Å². The summed E-state index contributed by atoms with van der Waals surface area (Å²) >= 11 is 0. The molecule has 4 aromatic rings. The number of nitrogens with zero attached hydrogens (tertiary/aromatic N) is 1. The number of ether oxygens (including phenoxy) is 2. The van der Waals surface area contributed by atoms with E-state index in [-0.39, 0.29) is 5.97 Å². The second-order valence-corrected chi connectivity index (χ2v) is 12.6. The van der Waals surface area contributed by atoms with Crippen LogP contribution in [0.4, 0.5) is 17.1 Å². The smallest absolute Gasteiger partial charge is 0.330 e. The second-order valence-electron chi connectivity index (χ2n) is 12.6. The molecule has 0 spiro atoms. The maximum absolute atomic E-state index is 11.4. The average Bonchev–Trinajstić information content (AvgIpc) is 3.13. The van der Waals surface area contributed by atoms with Crippen molar-refractivity contribution in [1.82, 2.24) is 0 Å². The number of carbonyl (C=O) groups is 2. The fraction of sp³-hybridized carbons (Fsp3) is 0.318. The van der Waals surface area contributed by atoms with Gasteiger partial charge < -0.3 is 14.4 Å². The molecule has 0 heterocycles. The van der Waals surface area contributed by atoms with E-state index in [0.29, 0.717) is 19.6 Å². The van der Waals surface area contributed by atoms with Crippen molar-refractivity contribution < 1.29 is 19.1 Å². The normalized spacial score (nSPS) is 10.7. The fourth-order valence-corrected chi connectivity index (χ4v) is 5.84. The summed E-state index contributed by atoms with van der Waals surface area (Å²) in [7, 11) is 0. The first-order chi connectivity index (χ1) is 23.9. The van der Waals surface area contributed by atoms with Gasteiger partial charge >= 0.3 is 11.9 Å². The summed E-state index contributed by atoms with van der Waals surface area (Å²) in [5.74, 6) is -0.727. The van der Waals surface area contributed by atoms with E-state index in [4.69, 9.17) is 9.47 Å². The van der Waals surface area contributed by atoms with Crippen molar-refractivity contribution in [3.63, 3.8) is 0 Å². The first-order valence-electron chi connectivity index (χ1n) is 17.6.